The van der Waals surface area contributed by atoms with Crippen molar-refractivity contribution >= 4 is 70.8 Å². The Morgan fingerprint density at radius 2 is 1.04 bits per heavy atom. The molecular formula is C40H35N7Na2O6S2. The van der Waals surface area contributed by atoms with Crippen LogP contribution in [0.1, 0.15) is 29.2 Å². The number of hydrogen-bond acceptors (Lipinski definition) is 13. The molecule has 0 atom stereocenters. The summed E-state index contributed by atoms with van der Waals surface area (Å²) in [6.45, 7) is 9.23. The van der Waals surface area contributed by atoms with Crippen LogP contribution in [-0.2, 0) is 26.8 Å². The molecule has 0 N–H and O–H groups in total. The van der Waals surface area contributed by atoms with Crippen LogP contribution in [0.25, 0.3) is 10.8 Å². The van der Waals surface area contributed by atoms with Crippen molar-refractivity contribution < 1.29 is 85.1 Å². The molecule has 6 aromatic rings. The van der Waals surface area contributed by atoms with E-state index in [2.05, 4.69) is 60.7 Å². The summed E-state index contributed by atoms with van der Waals surface area (Å²) in [5.41, 5.74) is 7.11. The third-order valence-corrected chi connectivity index (χ3v) is 10.5. The average Bonchev–Trinajstić information content (AvgIpc) is 3.16. The maximum Gasteiger partial charge on any atom is 1.00 e. The first kappa shape index (κ1) is 45.7. The molecule has 6 rings (SSSR count). The summed E-state index contributed by atoms with van der Waals surface area (Å²) in [5, 5.41) is 27.1. The first-order valence-electron chi connectivity index (χ1n) is 17.0. The summed E-state index contributed by atoms with van der Waals surface area (Å²) in [5.74, 6) is 0. The molecule has 0 spiro atoms. The van der Waals surface area contributed by atoms with Crippen LogP contribution in [0.15, 0.2) is 156 Å². The number of fused-ring (bicyclic) bond motifs is 1. The van der Waals surface area contributed by atoms with Crippen LogP contribution >= 0.6 is 0 Å². The van der Waals surface area contributed by atoms with Gasteiger partial charge in [0.05, 0.1) is 43.9 Å². The van der Waals surface area contributed by atoms with Gasteiger partial charge in [-0.1, -0.05) is 42.5 Å². The summed E-state index contributed by atoms with van der Waals surface area (Å²) < 4.78 is 70.2. The van der Waals surface area contributed by atoms with Crippen LogP contribution in [0.4, 0.5) is 39.8 Å². The summed E-state index contributed by atoms with van der Waals surface area (Å²) in [6, 6.07) is 32.2. The van der Waals surface area contributed by atoms with Crippen molar-refractivity contribution in [3.8, 4) is 0 Å². The van der Waals surface area contributed by atoms with Crippen LogP contribution in [0.3, 0.4) is 0 Å². The number of benzene rings is 6. The van der Waals surface area contributed by atoms with E-state index < -0.39 is 30.0 Å². The molecule has 0 aliphatic rings. The second-order valence-corrected chi connectivity index (χ2v) is 15.5. The van der Waals surface area contributed by atoms with Crippen molar-refractivity contribution in [3.63, 3.8) is 0 Å². The van der Waals surface area contributed by atoms with Gasteiger partial charge in [0, 0.05) is 29.5 Å². The van der Waals surface area contributed by atoms with E-state index in [1.807, 2.05) is 37.3 Å². The number of nitrogens with zero attached hydrogens (tertiary/aromatic N) is 7. The minimum atomic E-state index is -4.78. The number of azo groups is 3. The van der Waals surface area contributed by atoms with Gasteiger partial charge in [-0.2, -0.15) is 20.5 Å². The van der Waals surface area contributed by atoms with Gasteiger partial charge in [-0.05, 0) is 123 Å². The fraction of sp³-hybridized carbons (Fsp3) is 0.150. The fourth-order valence-electron chi connectivity index (χ4n) is 5.79. The largest absolute Gasteiger partial charge is 1.00 e. The maximum absolute atomic E-state index is 12.0. The molecule has 0 amide bonds. The molecule has 17 heteroatoms. The molecule has 0 saturated carbocycles. The first-order chi connectivity index (χ1) is 26.2. The molecule has 57 heavy (non-hydrogen) atoms. The van der Waals surface area contributed by atoms with E-state index in [-0.39, 0.29) is 64.8 Å². The van der Waals surface area contributed by atoms with E-state index in [1.54, 1.807) is 38.1 Å². The molecule has 13 nitrogen and oxygen atoms in total. The van der Waals surface area contributed by atoms with Crippen LogP contribution in [0.5, 0.6) is 0 Å². The van der Waals surface area contributed by atoms with Crippen molar-refractivity contribution in [1.82, 2.24) is 0 Å². The predicted molar refractivity (Wildman–Crippen MR) is 209 cm³/mol. The Bertz CT molecular complexity index is 2730. The summed E-state index contributed by atoms with van der Waals surface area (Å²) >= 11 is 0. The zero-order valence-electron chi connectivity index (χ0n) is 32.3. The van der Waals surface area contributed by atoms with E-state index in [0.717, 1.165) is 30.4 Å². The Kier molecular flexibility index (Phi) is 15.7. The molecule has 6 aromatic carbocycles. The molecule has 0 bridgehead atoms. The normalized spacial score (nSPS) is 12.0. The molecule has 0 aliphatic carbocycles. The molecular weight excluding hydrogens is 785 g/mol. The summed E-state index contributed by atoms with van der Waals surface area (Å²) in [7, 11) is -9.43. The van der Waals surface area contributed by atoms with E-state index in [4.69, 9.17) is 0 Å². The molecule has 0 aliphatic heterocycles. The number of anilines is 1. The summed E-state index contributed by atoms with van der Waals surface area (Å²) in [6.07, 6.45) is 0. The monoisotopic (exact) mass is 819 g/mol. The zero-order valence-corrected chi connectivity index (χ0v) is 37.9. The Morgan fingerprint density at radius 1 is 0.509 bits per heavy atom. The van der Waals surface area contributed by atoms with Crippen molar-refractivity contribution in [3.05, 3.63) is 138 Å². The van der Waals surface area contributed by atoms with Crippen molar-refractivity contribution in [2.45, 2.75) is 44.0 Å². The van der Waals surface area contributed by atoms with Gasteiger partial charge >= 0.3 is 59.1 Å². The fourth-order valence-corrected chi connectivity index (χ4v) is 6.80. The van der Waals surface area contributed by atoms with Crippen LogP contribution in [0, 0.1) is 20.8 Å². The van der Waals surface area contributed by atoms with Crippen molar-refractivity contribution in [2.75, 3.05) is 11.4 Å². The van der Waals surface area contributed by atoms with Gasteiger partial charge in [-0.3, -0.25) is 0 Å². The Labute approximate surface area is 376 Å². The Hall–Kier alpha value is -4.00. The molecule has 0 fully saturated rings. The quantitative estimate of drug-likeness (QED) is 0.0957. The van der Waals surface area contributed by atoms with Gasteiger partial charge in [0.1, 0.15) is 20.2 Å². The van der Waals surface area contributed by atoms with Gasteiger partial charge in [0.15, 0.2) is 0 Å². The van der Waals surface area contributed by atoms with E-state index in [9.17, 15) is 25.9 Å². The summed E-state index contributed by atoms with van der Waals surface area (Å²) in [4.78, 5) is 1.44. The van der Waals surface area contributed by atoms with Gasteiger partial charge in [-0.25, -0.2) is 16.8 Å². The molecule has 0 heterocycles. The number of rotatable bonds is 12. The molecule has 0 aromatic heterocycles. The van der Waals surface area contributed by atoms with Gasteiger partial charge in [-0.15, -0.1) is 10.2 Å². The first-order valence-corrected chi connectivity index (χ1v) is 19.9. The van der Waals surface area contributed by atoms with E-state index in [1.165, 1.54) is 42.0 Å². The van der Waals surface area contributed by atoms with Gasteiger partial charge in [0.2, 0.25) is 0 Å². The third-order valence-electron chi connectivity index (χ3n) is 8.80. The number of aryl methyl sites for hydroxylation is 3. The third kappa shape index (κ3) is 11.6. The van der Waals surface area contributed by atoms with E-state index >= 15 is 0 Å². The van der Waals surface area contributed by atoms with Crippen LogP contribution in [0.2, 0.25) is 0 Å². The predicted octanol–water partition coefficient (Wildman–Crippen LogP) is 4.85. The molecule has 0 radical (unpaired) electrons. The van der Waals surface area contributed by atoms with E-state index in [0.29, 0.717) is 50.3 Å². The van der Waals surface area contributed by atoms with Crippen molar-refractivity contribution in [1.29, 1.82) is 0 Å². The standard InChI is InChI=1S/C40H37N7O6S2.2Na/c1-5-47(25-29-10-7-6-8-11-29)31-14-17-36(26(2)20-31)42-43-37-18-19-38(35-24-33(55(51,52)53)15-16-34(35)37)44-46-40-22-27(3)39(21-28(40)4)45-41-30-12-9-13-32(23-30)54(48,49)50;;/h6-24H,5,25H2,1-4H3,(H,48,49,50)(H,51,52,53);;/q;2*+1/p-2. The maximum atomic E-state index is 12.0. The second-order valence-electron chi connectivity index (χ2n) is 12.7. The second kappa shape index (κ2) is 19.6. The topological polar surface area (TPSA) is 192 Å². The van der Waals surface area contributed by atoms with Gasteiger partial charge in [0.25, 0.3) is 0 Å². The average molecular weight is 820 g/mol. The van der Waals surface area contributed by atoms with Crippen LogP contribution in [-0.4, -0.2) is 32.5 Å². The zero-order chi connectivity index (χ0) is 39.3. The Morgan fingerprint density at radius 3 is 1.63 bits per heavy atom. The van der Waals surface area contributed by atoms with Gasteiger partial charge < -0.3 is 14.0 Å². The minimum absolute atomic E-state index is 0. The number of hydrogen-bond donors (Lipinski definition) is 0. The molecule has 0 saturated heterocycles. The Balaban J connectivity index is 0.00000360. The van der Waals surface area contributed by atoms with Crippen molar-refractivity contribution in [2.24, 2.45) is 30.7 Å². The smallest absolute Gasteiger partial charge is 0.744 e. The SMILES string of the molecule is CCN(Cc1ccccc1)c1ccc(N=Nc2ccc(N=Nc3cc(C)c(N=Nc4cccc(S(=O)(=O)[O-])c4)cc3C)c3cc(S(=O)(=O)[O-])ccc23)c(C)c1.[Na+].[Na+]. The minimum Gasteiger partial charge on any atom is -0.744 e. The molecule has 0 unspecified atom stereocenters. The molecule has 280 valence electrons. The van der Waals surface area contributed by atoms with Crippen LogP contribution < -0.4 is 64.0 Å².